The maximum atomic E-state index is 5.86. The second kappa shape index (κ2) is 6.03. The number of ether oxygens (including phenoxy) is 2. The Morgan fingerprint density at radius 3 is 2.76 bits per heavy atom. The van der Waals surface area contributed by atoms with Crippen molar-refractivity contribution in [1.82, 2.24) is 4.98 Å². The maximum Gasteiger partial charge on any atom is 0.161 e. The van der Waals surface area contributed by atoms with Gasteiger partial charge in [-0.05, 0) is 38.0 Å². The van der Waals surface area contributed by atoms with Crippen LogP contribution in [0.4, 0.5) is 0 Å². The first-order valence-electron chi connectivity index (χ1n) is 7.27. The highest BCUT2D eigenvalue weighted by Gasteiger charge is 2.29. The average Bonchev–Trinajstić information content (AvgIpc) is 3.26. The molecule has 1 fully saturated rings. The average molecular weight is 304 g/mol. The number of aromatic nitrogens is 1. The summed E-state index contributed by atoms with van der Waals surface area (Å²) >= 11 is 1.69. The number of rotatable bonds is 6. The van der Waals surface area contributed by atoms with Crippen molar-refractivity contribution in [2.24, 2.45) is 5.73 Å². The van der Waals surface area contributed by atoms with Crippen molar-refractivity contribution >= 4 is 11.3 Å². The van der Waals surface area contributed by atoms with Crippen LogP contribution in [0, 0.1) is 0 Å². The summed E-state index contributed by atoms with van der Waals surface area (Å²) < 4.78 is 11.0. The van der Waals surface area contributed by atoms with E-state index in [1.807, 2.05) is 25.1 Å². The lowest BCUT2D eigenvalue weighted by Crippen LogP contribution is -1.97. The fraction of sp³-hybridized carbons (Fsp3) is 0.438. The third kappa shape index (κ3) is 2.89. The summed E-state index contributed by atoms with van der Waals surface area (Å²) in [5, 5.41) is 1.01. The molecule has 1 aromatic carbocycles. The number of hydrogen-bond donors (Lipinski definition) is 1. The maximum absolute atomic E-state index is 5.86. The van der Waals surface area contributed by atoms with Crippen LogP contribution in [0.2, 0.25) is 0 Å². The van der Waals surface area contributed by atoms with Crippen LogP contribution in [0.15, 0.2) is 18.2 Å². The van der Waals surface area contributed by atoms with Crippen molar-refractivity contribution in [3.63, 3.8) is 0 Å². The minimum absolute atomic E-state index is 0.567. The molecule has 0 spiro atoms. The molecule has 0 atom stereocenters. The van der Waals surface area contributed by atoms with Gasteiger partial charge in [0.1, 0.15) is 5.01 Å². The van der Waals surface area contributed by atoms with E-state index < -0.39 is 0 Å². The van der Waals surface area contributed by atoms with Gasteiger partial charge in [0.25, 0.3) is 0 Å². The van der Waals surface area contributed by atoms with E-state index in [1.165, 1.54) is 23.4 Å². The Labute approximate surface area is 128 Å². The van der Waals surface area contributed by atoms with Gasteiger partial charge in [0.2, 0.25) is 0 Å². The number of benzene rings is 1. The van der Waals surface area contributed by atoms with Crippen LogP contribution in [0.5, 0.6) is 11.5 Å². The Balaban J connectivity index is 1.97. The highest BCUT2D eigenvalue weighted by Crippen LogP contribution is 2.44. The van der Waals surface area contributed by atoms with Gasteiger partial charge in [-0.25, -0.2) is 4.98 Å². The minimum atomic E-state index is 0.567. The number of hydrogen-bond acceptors (Lipinski definition) is 5. The first kappa shape index (κ1) is 14.4. The van der Waals surface area contributed by atoms with E-state index in [9.17, 15) is 0 Å². The Bertz CT molecular complexity index is 635. The zero-order chi connectivity index (χ0) is 14.8. The zero-order valence-corrected chi connectivity index (χ0v) is 13.2. The molecular formula is C16H20N2O2S. The van der Waals surface area contributed by atoms with Crippen molar-refractivity contribution in [3.05, 3.63) is 28.8 Å². The monoisotopic (exact) mass is 304 g/mol. The second-order valence-corrected chi connectivity index (χ2v) is 6.19. The molecule has 0 saturated heterocycles. The summed E-state index contributed by atoms with van der Waals surface area (Å²) in [7, 11) is 1.65. The first-order valence-corrected chi connectivity index (χ1v) is 8.09. The number of methoxy groups -OCH3 is 1. The van der Waals surface area contributed by atoms with Crippen LogP contribution >= 0.6 is 11.3 Å². The molecular weight excluding hydrogens is 284 g/mol. The van der Waals surface area contributed by atoms with Gasteiger partial charge in [0, 0.05) is 22.9 Å². The van der Waals surface area contributed by atoms with Crippen molar-refractivity contribution in [2.45, 2.75) is 32.2 Å². The topological polar surface area (TPSA) is 57.4 Å². The molecule has 5 heteroatoms. The molecule has 1 aromatic heterocycles. The van der Waals surface area contributed by atoms with Gasteiger partial charge in [0.05, 0.1) is 19.4 Å². The van der Waals surface area contributed by atoms with Gasteiger partial charge in [-0.3, -0.25) is 0 Å². The van der Waals surface area contributed by atoms with Crippen LogP contribution in [0.25, 0.3) is 10.6 Å². The van der Waals surface area contributed by atoms with Crippen molar-refractivity contribution in [3.8, 4) is 22.1 Å². The Kier molecular flexibility index (Phi) is 4.12. The molecule has 1 aliphatic rings. The molecule has 2 N–H and O–H groups in total. The van der Waals surface area contributed by atoms with Crippen molar-refractivity contribution in [1.29, 1.82) is 0 Å². The fourth-order valence-electron chi connectivity index (χ4n) is 2.39. The van der Waals surface area contributed by atoms with E-state index in [0.717, 1.165) is 22.1 Å². The fourth-order valence-corrected chi connectivity index (χ4v) is 3.41. The normalized spacial score (nSPS) is 14.2. The van der Waals surface area contributed by atoms with E-state index in [2.05, 4.69) is 0 Å². The Hall–Kier alpha value is -1.59. The molecule has 0 radical (unpaired) electrons. The number of nitrogens with zero attached hydrogens (tertiary/aromatic N) is 1. The van der Waals surface area contributed by atoms with Crippen LogP contribution < -0.4 is 15.2 Å². The molecule has 3 rings (SSSR count). The quantitative estimate of drug-likeness (QED) is 0.886. The lowest BCUT2D eigenvalue weighted by atomic mass is 10.2. The summed E-state index contributed by atoms with van der Waals surface area (Å²) in [6.07, 6.45) is 2.48. The molecule has 2 aromatic rings. The predicted molar refractivity (Wildman–Crippen MR) is 85.1 cm³/mol. The van der Waals surface area contributed by atoms with Crippen LogP contribution in [0.3, 0.4) is 0 Å². The standard InChI is InChI=1S/C16H20N2O2S/c1-3-20-13-8-11(6-7-12(13)19-2)16-18-15(10-4-5-10)14(9-17)21-16/h6-8,10H,3-5,9,17H2,1-2H3. The lowest BCUT2D eigenvalue weighted by Gasteiger charge is -2.10. The third-order valence-electron chi connectivity index (χ3n) is 3.59. The molecule has 0 bridgehead atoms. The summed E-state index contributed by atoms with van der Waals surface area (Å²) in [6.45, 7) is 3.14. The molecule has 21 heavy (non-hydrogen) atoms. The molecule has 4 nitrogen and oxygen atoms in total. The van der Waals surface area contributed by atoms with Crippen molar-refractivity contribution in [2.75, 3.05) is 13.7 Å². The first-order chi connectivity index (χ1) is 10.3. The molecule has 1 saturated carbocycles. The molecule has 112 valence electrons. The number of thiazole rings is 1. The van der Waals surface area contributed by atoms with Gasteiger partial charge >= 0.3 is 0 Å². The summed E-state index contributed by atoms with van der Waals surface area (Å²) in [4.78, 5) is 6.02. The van der Waals surface area contributed by atoms with E-state index in [4.69, 9.17) is 20.2 Å². The van der Waals surface area contributed by atoms with E-state index in [0.29, 0.717) is 19.1 Å². The molecule has 0 unspecified atom stereocenters. The van der Waals surface area contributed by atoms with Crippen LogP contribution in [0.1, 0.15) is 36.3 Å². The highest BCUT2D eigenvalue weighted by molar-refractivity contribution is 7.15. The lowest BCUT2D eigenvalue weighted by molar-refractivity contribution is 0.311. The Morgan fingerprint density at radius 1 is 1.33 bits per heavy atom. The van der Waals surface area contributed by atoms with E-state index in [1.54, 1.807) is 18.4 Å². The molecule has 1 aliphatic carbocycles. The van der Waals surface area contributed by atoms with E-state index >= 15 is 0 Å². The zero-order valence-electron chi connectivity index (χ0n) is 12.4. The SMILES string of the molecule is CCOc1cc(-c2nc(C3CC3)c(CN)s2)ccc1OC. The summed E-state index contributed by atoms with van der Waals surface area (Å²) in [5.41, 5.74) is 8.12. The predicted octanol–water partition coefficient (Wildman–Crippen LogP) is 3.55. The van der Waals surface area contributed by atoms with Gasteiger partial charge in [-0.2, -0.15) is 0 Å². The van der Waals surface area contributed by atoms with E-state index in [-0.39, 0.29) is 0 Å². The van der Waals surface area contributed by atoms with Crippen LogP contribution in [-0.2, 0) is 6.54 Å². The summed E-state index contributed by atoms with van der Waals surface area (Å²) in [6, 6.07) is 5.95. The van der Waals surface area contributed by atoms with Gasteiger partial charge in [-0.15, -0.1) is 11.3 Å². The third-order valence-corrected chi connectivity index (χ3v) is 4.73. The number of nitrogens with two attached hydrogens (primary N) is 1. The van der Waals surface area contributed by atoms with Gasteiger partial charge in [-0.1, -0.05) is 0 Å². The van der Waals surface area contributed by atoms with Gasteiger partial charge < -0.3 is 15.2 Å². The van der Waals surface area contributed by atoms with Gasteiger partial charge in [0.15, 0.2) is 11.5 Å². The van der Waals surface area contributed by atoms with Crippen molar-refractivity contribution < 1.29 is 9.47 Å². The second-order valence-electron chi connectivity index (χ2n) is 5.10. The summed E-state index contributed by atoms with van der Waals surface area (Å²) in [5.74, 6) is 2.13. The molecule has 0 aliphatic heterocycles. The highest BCUT2D eigenvalue weighted by atomic mass is 32.1. The minimum Gasteiger partial charge on any atom is -0.493 e. The Morgan fingerprint density at radius 2 is 2.14 bits per heavy atom. The largest absolute Gasteiger partial charge is 0.493 e. The smallest absolute Gasteiger partial charge is 0.161 e. The van der Waals surface area contributed by atoms with Crippen LogP contribution in [-0.4, -0.2) is 18.7 Å². The molecule has 1 heterocycles. The molecule has 0 amide bonds.